The fourth-order valence-corrected chi connectivity index (χ4v) is 6.38. The van der Waals surface area contributed by atoms with Gasteiger partial charge in [0.25, 0.3) is 0 Å². The number of carbonyl (C=O) groups excluding carboxylic acids is 3. The summed E-state index contributed by atoms with van der Waals surface area (Å²) in [7, 11) is 0. The van der Waals surface area contributed by atoms with Gasteiger partial charge in [0.15, 0.2) is 6.10 Å². The van der Waals surface area contributed by atoms with Crippen molar-refractivity contribution in [1.29, 1.82) is 0 Å². The number of hydrogen-bond acceptors (Lipinski definition) is 6. The highest BCUT2D eigenvalue weighted by atomic mass is 16.6. The van der Waals surface area contributed by atoms with E-state index in [0.29, 0.717) is 25.7 Å². The topological polar surface area (TPSA) is 78.9 Å². The van der Waals surface area contributed by atoms with Gasteiger partial charge in [0, 0.05) is 12.8 Å². The van der Waals surface area contributed by atoms with Crippen molar-refractivity contribution >= 4 is 17.9 Å². The maximum absolute atomic E-state index is 13.5. The van der Waals surface area contributed by atoms with E-state index in [4.69, 9.17) is 14.2 Å². The summed E-state index contributed by atoms with van der Waals surface area (Å²) in [4.78, 5) is 39.6. The molecule has 0 aliphatic rings. The monoisotopic (exact) mass is 693 g/mol. The molecule has 0 aliphatic heterocycles. The number of unbranched alkanes of at least 4 members (excludes halogenated alkanes) is 20. The predicted molar refractivity (Wildman–Crippen MR) is 206 cm³/mol. The van der Waals surface area contributed by atoms with Crippen LogP contribution in [0.15, 0.2) is 12.7 Å². The Balaban J connectivity index is 5.48. The fraction of sp³-hybridized carbons (Fsp3) is 0.884. The first kappa shape index (κ1) is 47.1. The minimum Gasteiger partial charge on any atom is -0.461 e. The van der Waals surface area contributed by atoms with Crippen LogP contribution in [0.1, 0.15) is 220 Å². The molecule has 6 nitrogen and oxygen atoms in total. The molecule has 49 heavy (non-hydrogen) atoms. The van der Waals surface area contributed by atoms with Gasteiger partial charge >= 0.3 is 17.9 Å². The van der Waals surface area contributed by atoms with E-state index in [1.165, 1.54) is 89.9 Å². The summed E-state index contributed by atoms with van der Waals surface area (Å²) in [6, 6.07) is 0. The first-order valence-corrected chi connectivity index (χ1v) is 21.1. The second-order valence-corrected chi connectivity index (χ2v) is 14.4. The van der Waals surface area contributed by atoms with Gasteiger partial charge in [0.2, 0.25) is 0 Å². The molecular formula is C43H80O6. The molecule has 0 aromatic carbocycles. The standard InChI is InChI=1S/C43H80O6/c1-6-11-16-20-22-26-30-35-41(44)48-39(34-15-10-5)40(49-42(45)36-31-27-23-21-17-12-7-2)37-47-43(46)38(32-28-24-18-13-8-3)33-29-25-19-14-9-4/h10,38-40H,5-9,11-37H2,1-4H3. The summed E-state index contributed by atoms with van der Waals surface area (Å²) in [5, 5.41) is 0. The Kier molecular flexibility index (Phi) is 34.6. The maximum atomic E-state index is 13.5. The minimum absolute atomic E-state index is 0.0870. The zero-order valence-corrected chi connectivity index (χ0v) is 32.9. The molecular weight excluding hydrogens is 612 g/mol. The third-order valence-electron chi connectivity index (χ3n) is 9.64. The fourth-order valence-electron chi connectivity index (χ4n) is 6.38. The predicted octanol–water partition coefficient (Wildman–Crippen LogP) is 12.9. The molecule has 0 aliphatic carbocycles. The lowest BCUT2D eigenvalue weighted by Crippen LogP contribution is -2.40. The van der Waals surface area contributed by atoms with Gasteiger partial charge in [-0.1, -0.05) is 175 Å². The molecule has 0 amide bonds. The van der Waals surface area contributed by atoms with E-state index < -0.39 is 12.2 Å². The van der Waals surface area contributed by atoms with E-state index in [2.05, 4.69) is 34.3 Å². The van der Waals surface area contributed by atoms with Crippen LogP contribution in [0.3, 0.4) is 0 Å². The lowest BCUT2D eigenvalue weighted by Gasteiger charge is -2.27. The summed E-state index contributed by atoms with van der Waals surface area (Å²) in [5.74, 6) is -0.960. The van der Waals surface area contributed by atoms with Crippen molar-refractivity contribution in [2.45, 2.75) is 233 Å². The van der Waals surface area contributed by atoms with Gasteiger partial charge in [-0.25, -0.2) is 0 Å². The van der Waals surface area contributed by atoms with Crippen LogP contribution < -0.4 is 0 Å². The molecule has 0 radical (unpaired) electrons. The van der Waals surface area contributed by atoms with Gasteiger partial charge in [0.05, 0.1) is 5.92 Å². The van der Waals surface area contributed by atoms with Crippen molar-refractivity contribution < 1.29 is 28.6 Å². The summed E-state index contributed by atoms with van der Waals surface area (Å²) in [6.45, 7) is 12.6. The highest BCUT2D eigenvalue weighted by molar-refractivity contribution is 5.73. The van der Waals surface area contributed by atoms with Crippen LogP contribution in [-0.2, 0) is 28.6 Å². The molecule has 0 aromatic heterocycles. The third-order valence-corrected chi connectivity index (χ3v) is 9.64. The van der Waals surface area contributed by atoms with Crippen molar-refractivity contribution in [3.05, 3.63) is 12.7 Å². The van der Waals surface area contributed by atoms with Gasteiger partial charge in [0.1, 0.15) is 12.7 Å². The molecule has 6 heteroatoms. The molecule has 0 aromatic rings. The Morgan fingerprint density at radius 3 is 1.27 bits per heavy atom. The lowest BCUT2D eigenvalue weighted by atomic mass is 9.94. The van der Waals surface area contributed by atoms with Crippen molar-refractivity contribution in [3.8, 4) is 0 Å². The third kappa shape index (κ3) is 29.6. The van der Waals surface area contributed by atoms with E-state index in [1.807, 2.05) is 0 Å². The van der Waals surface area contributed by atoms with Crippen molar-refractivity contribution in [1.82, 2.24) is 0 Å². The summed E-state index contributed by atoms with van der Waals surface area (Å²) >= 11 is 0. The van der Waals surface area contributed by atoms with Crippen LogP contribution in [-0.4, -0.2) is 36.7 Å². The average molecular weight is 693 g/mol. The molecule has 0 spiro atoms. The normalized spacial score (nSPS) is 12.5. The first-order valence-electron chi connectivity index (χ1n) is 21.1. The number of rotatable bonds is 37. The number of hydrogen-bond donors (Lipinski definition) is 0. The Morgan fingerprint density at radius 2 is 0.857 bits per heavy atom. The lowest BCUT2D eigenvalue weighted by molar-refractivity contribution is -0.177. The second-order valence-electron chi connectivity index (χ2n) is 14.4. The Labute approximate surface area is 303 Å². The molecule has 0 N–H and O–H groups in total. The van der Waals surface area contributed by atoms with Crippen molar-refractivity contribution in [2.75, 3.05) is 6.61 Å². The van der Waals surface area contributed by atoms with Crippen molar-refractivity contribution in [3.63, 3.8) is 0 Å². The van der Waals surface area contributed by atoms with E-state index in [-0.39, 0.29) is 30.4 Å². The number of allylic oxidation sites excluding steroid dienone is 1. The largest absolute Gasteiger partial charge is 0.461 e. The van der Waals surface area contributed by atoms with E-state index >= 15 is 0 Å². The molecule has 2 atom stereocenters. The quantitative estimate of drug-likeness (QED) is 0.0279. The van der Waals surface area contributed by atoms with Gasteiger partial charge in [-0.3, -0.25) is 14.4 Å². The molecule has 288 valence electrons. The van der Waals surface area contributed by atoms with Gasteiger partial charge in [-0.05, 0) is 38.5 Å². The molecule has 0 fully saturated rings. The summed E-state index contributed by atoms with van der Waals surface area (Å²) < 4.78 is 17.9. The smallest absolute Gasteiger partial charge is 0.309 e. The zero-order chi connectivity index (χ0) is 36.2. The van der Waals surface area contributed by atoms with Crippen LogP contribution in [0, 0.1) is 5.92 Å². The Hall–Kier alpha value is -1.85. The van der Waals surface area contributed by atoms with Crippen LogP contribution >= 0.6 is 0 Å². The number of carbonyl (C=O) groups is 3. The Morgan fingerprint density at radius 1 is 0.490 bits per heavy atom. The van der Waals surface area contributed by atoms with Crippen LogP contribution in [0.4, 0.5) is 0 Å². The van der Waals surface area contributed by atoms with E-state index in [1.54, 1.807) is 6.08 Å². The molecule has 0 rings (SSSR count). The van der Waals surface area contributed by atoms with Crippen LogP contribution in [0.5, 0.6) is 0 Å². The number of esters is 3. The maximum Gasteiger partial charge on any atom is 0.309 e. The van der Waals surface area contributed by atoms with Crippen LogP contribution in [0.25, 0.3) is 0 Å². The van der Waals surface area contributed by atoms with Gasteiger partial charge in [-0.15, -0.1) is 6.58 Å². The molecule has 0 bridgehead atoms. The minimum atomic E-state index is -0.825. The average Bonchev–Trinajstić information content (AvgIpc) is 3.09. The highest BCUT2D eigenvalue weighted by Crippen LogP contribution is 2.22. The number of ether oxygens (including phenoxy) is 3. The summed E-state index contributed by atoms with van der Waals surface area (Å²) in [6.07, 6.45) is 30.8. The first-order chi connectivity index (χ1) is 23.9. The van der Waals surface area contributed by atoms with Gasteiger partial charge < -0.3 is 14.2 Å². The van der Waals surface area contributed by atoms with Crippen LogP contribution in [0.2, 0.25) is 0 Å². The van der Waals surface area contributed by atoms with E-state index in [0.717, 1.165) is 77.0 Å². The summed E-state index contributed by atoms with van der Waals surface area (Å²) in [5.41, 5.74) is 0. The SMILES string of the molecule is C=CCCC(OC(=O)CCCCCCCCC)C(COC(=O)C(CCCCCCC)CCCCCCC)OC(=O)CCCCCCCCC. The second kappa shape index (κ2) is 36.0. The molecule has 0 saturated heterocycles. The molecule has 2 unspecified atom stereocenters. The zero-order valence-electron chi connectivity index (χ0n) is 32.9. The van der Waals surface area contributed by atoms with Crippen molar-refractivity contribution in [2.24, 2.45) is 5.92 Å². The molecule has 0 heterocycles. The van der Waals surface area contributed by atoms with Gasteiger partial charge in [-0.2, -0.15) is 0 Å². The molecule has 0 saturated carbocycles. The Bertz CT molecular complexity index is 766. The highest BCUT2D eigenvalue weighted by Gasteiger charge is 2.31. The van der Waals surface area contributed by atoms with E-state index in [9.17, 15) is 14.4 Å².